The maximum absolute atomic E-state index is 13.3. The fraction of sp³-hybridized carbons (Fsp3) is 0.462. The lowest BCUT2D eigenvalue weighted by atomic mass is 10.3. The van der Waals surface area contributed by atoms with Crippen LogP contribution in [0.3, 0.4) is 0 Å². The van der Waals surface area contributed by atoms with Crippen molar-refractivity contribution in [3.63, 3.8) is 0 Å². The minimum Gasteiger partial charge on any atom is -0.393 e. The molecule has 100 valence electrons. The predicted molar refractivity (Wildman–Crippen MR) is 71.1 cm³/mol. The van der Waals surface area contributed by atoms with E-state index in [2.05, 4.69) is 0 Å². The average Bonchev–Trinajstić information content (AvgIpc) is 2.34. The number of aliphatic hydroxyl groups is 1. The van der Waals surface area contributed by atoms with Crippen molar-refractivity contribution in [1.82, 2.24) is 4.90 Å². The van der Waals surface area contributed by atoms with Gasteiger partial charge in [0.15, 0.2) is 0 Å². The number of amides is 1. The third kappa shape index (κ3) is 5.06. The summed E-state index contributed by atoms with van der Waals surface area (Å²) in [5.74, 6) is -0.164. The van der Waals surface area contributed by atoms with Crippen molar-refractivity contribution in [2.45, 2.75) is 24.3 Å². The first kappa shape index (κ1) is 15.0. The Labute approximate surface area is 111 Å². The number of thioether (sulfide) groups is 1. The molecule has 1 aromatic rings. The second-order valence-corrected chi connectivity index (χ2v) is 5.19. The Balaban J connectivity index is 2.39. The van der Waals surface area contributed by atoms with Crippen molar-refractivity contribution in [3.8, 4) is 0 Å². The molecule has 3 nitrogen and oxygen atoms in total. The third-order valence-electron chi connectivity index (χ3n) is 2.50. The first-order valence-corrected chi connectivity index (χ1v) is 6.78. The van der Waals surface area contributed by atoms with E-state index >= 15 is 0 Å². The summed E-state index contributed by atoms with van der Waals surface area (Å²) in [5.41, 5.74) is 0. The Kier molecular flexibility index (Phi) is 6.15. The first-order valence-electron chi connectivity index (χ1n) is 5.80. The van der Waals surface area contributed by atoms with E-state index in [1.165, 1.54) is 17.8 Å². The third-order valence-corrected chi connectivity index (χ3v) is 3.53. The van der Waals surface area contributed by atoms with Gasteiger partial charge in [0.2, 0.25) is 5.91 Å². The van der Waals surface area contributed by atoms with Gasteiger partial charge in [-0.3, -0.25) is 4.79 Å². The number of benzene rings is 1. The van der Waals surface area contributed by atoms with Crippen molar-refractivity contribution >= 4 is 17.7 Å². The summed E-state index contributed by atoms with van der Waals surface area (Å²) in [6.45, 7) is 2.20. The van der Waals surface area contributed by atoms with Crippen LogP contribution in [-0.2, 0) is 4.79 Å². The fourth-order valence-corrected chi connectivity index (χ4v) is 2.20. The molecule has 0 fully saturated rings. The Hall–Kier alpha value is -1.07. The lowest BCUT2D eigenvalue weighted by Gasteiger charge is -2.17. The molecule has 1 atom stereocenters. The van der Waals surface area contributed by atoms with Crippen molar-refractivity contribution in [1.29, 1.82) is 0 Å². The molecule has 0 radical (unpaired) electrons. The number of rotatable bonds is 6. The molecule has 0 bridgehead atoms. The molecule has 0 spiro atoms. The van der Waals surface area contributed by atoms with E-state index in [1.807, 2.05) is 0 Å². The molecule has 1 rings (SSSR count). The van der Waals surface area contributed by atoms with Crippen LogP contribution < -0.4 is 0 Å². The lowest BCUT2D eigenvalue weighted by Crippen LogP contribution is -2.30. The van der Waals surface area contributed by atoms with Gasteiger partial charge >= 0.3 is 0 Å². The molecule has 0 aromatic heterocycles. The molecule has 0 saturated carbocycles. The maximum Gasteiger partial charge on any atom is 0.232 e. The monoisotopic (exact) mass is 271 g/mol. The molecule has 18 heavy (non-hydrogen) atoms. The maximum atomic E-state index is 13.3. The van der Waals surface area contributed by atoms with Gasteiger partial charge in [-0.05, 0) is 25.5 Å². The molecular formula is C13H18FNO2S. The summed E-state index contributed by atoms with van der Waals surface area (Å²) in [7, 11) is 1.69. The Morgan fingerprint density at radius 3 is 2.78 bits per heavy atom. The van der Waals surface area contributed by atoms with Gasteiger partial charge in [0.05, 0.1) is 11.9 Å². The molecule has 1 N–H and O–H groups in total. The minimum absolute atomic E-state index is 0.0658. The SMILES string of the molecule is CC(O)CCN(C)C(=O)CSc1ccccc1F. The highest BCUT2D eigenvalue weighted by atomic mass is 32.2. The number of carbonyl (C=O) groups excluding carboxylic acids is 1. The molecule has 1 amide bonds. The zero-order chi connectivity index (χ0) is 13.5. The highest BCUT2D eigenvalue weighted by Crippen LogP contribution is 2.21. The summed E-state index contributed by atoms with van der Waals surface area (Å²) < 4.78 is 13.3. The van der Waals surface area contributed by atoms with Gasteiger partial charge in [-0.1, -0.05) is 12.1 Å². The fourth-order valence-electron chi connectivity index (χ4n) is 1.32. The molecule has 0 heterocycles. The summed E-state index contributed by atoms with van der Waals surface area (Å²) in [4.78, 5) is 13.8. The van der Waals surface area contributed by atoms with Crippen LogP contribution in [0.2, 0.25) is 0 Å². The van der Waals surface area contributed by atoms with Crippen LogP contribution >= 0.6 is 11.8 Å². The molecule has 0 aliphatic heterocycles. The molecule has 5 heteroatoms. The van der Waals surface area contributed by atoms with Gasteiger partial charge < -0.3 is 10.0 Å². The van der Waals surface area contributed by atoms with Crippen LogP contribution in [0.15, 0.2) is 29.2 Å². The van der Waals surface area contributed by atoms with Crippen LogP contribution in [0.25, 0.3) is 0 Å². The van der Waals surface area contributed by atoms with Gasteiger partial charge in [-0.25, -0.2) is 4.39 Å². The Bertz CT molecular complexity index is 398. The van der Waals surface area contributed by atoms with Crippen LogP contribution in [0, 0.1) is 5.82 Å². The van der Waals surface area contributed by atoms with E-state index in [0.717, 1.165) is 0 Å². The van der Waals surface area contributed by atoms with E-state index in [9.17, 15) is 9.18 Å². The quantitative estimate of drug-likeness (QED) is 0.806. The molecule has 0 aliphatic rings. The minimum atomic E-state index is -0.417. The average molecular weight is 271 g/mol. The van der Waals surface area contributed by atoms with Crippen LogP contribution in [0.4, 0.5) is 4.39 Å². The van der Waals surface area contributed by atoms with Crippen LogP contribution in [0.5, 0.6) is 0 Å². The predicted octanol–water partition coefficient (Wildman–Crippen LogP) is 2.15. The van der Waals surface area contributed by atoms with Gasteiger partial charge in [0.25, 0.3) is 0 Å². The normalized spacial score (nSPS) is 12.2. The van der Waals surface area contributed by atoms with Crippen molar-refractivity contribution < 1.29 is 14.3 Å². The zero-order valence-electron chi connectivity index (χ0n) is 10.6. The van der Waals surface area contributed by atoms with Crippen molar-refractivity contribution in [2.75, 3.05) is 19.3 Å². The number of carbonyl (C=O) groups is 1. The van der Waals surface area contributed by atoms with Gasteiger partial charge in [-0.2, -0.15) is 0 Å². The largest absolute Gasteiger partial charge is 0.393 e. The number of nitrogens with zero attached hydrogens (tertiary/aromatic N) is 1. The molecule has 1 aromatic carbocycles. The molecule has 0 saturated heterocycles. The Morgan fingerprint density at radius 2 is 2.17 bits per heavy atom. The van der Waals surface area contributed by atoms with E-state index in [0.29, 0.717) is 17.9 Å². The number of hydrogen-bond acceptors (Lipinski definition) is 3. The van der Waals surface area contributed by atoms with Gasteiger partial charge in [0.1, 0.15) is 5.82 Å². The summed E-state index contributed by atoms with van der Waals surface area (Å²) in [6, 6.07) is 6.40. The van der Waals surface area contributed by atoms with Crippen molar-refractivity contribution in [3.05, 3.63) is 30.1 Å². The van der Waals surface area contributed by atoms with Gasteiger partial charge in [-0.15, -0.1) is 11.8 Å². The van der Waals surface area contributed by atoms with E-state index in [-0.39, 0.29) is 17.5 Å². The van der Waals surface area contributed by atoms with E-state index < -0.39 is 6.10 Å². The highest BCUT2D eigenvalue weighted by molar-refractivity contribution is 8.00. The highest BCUT2D eigenvalue weighted by Gasteiger charge is 2.11. The lowest BCUT2D eigenvalue weighted by molar-refractivity contribution is -0.127. The van der Waals surface area contributed by atoms with Gasteiger partial charge in [0, 0.05) is 18.5 Å². The summed E-state index contributed by atoms with van der Waals surface area (Å²) >= 11 is 1.19. The number of aliphatic hydroxyl groups excluding tert-OH is 1. The second-order valence-electron chi connectivity index (χ2n) is 4.17. The Morgan fingerprint density at radius 1 is 1.50 bits per heavy atom. The molecular weight excluding hydrogens is 253 g/mol. The van der Waals surface area contributed by atoms with E-state index in [4.69, 9.17) is 5.11 Å². The standard InChI is InChI=1S/C13H18FNO2S/c1-10(16)7-8-15(2)13(17)9-18-12-6-4-3-5-11(12)14/h3-6,10,16H,7-9H2,1-2H3. The van der Waals surface area contributed by atoms with Crippen LogP contribution in [-0.4, -0.2) is 41.4 Å². The number of halogens is 1. The molecule has 1 unspecified atom stereocenters. The van der Waals surface area contributed by atoms with Crippen molar-refractivity contribution in [2.24, 2.45) is 0 Å². The summed E-state index contributed by atoms with van der Waals surface area (Å²) in [6.07, 6.45) is 0.131. The van der Waals surface area contributed by atoms with E-state index in [1.54, 1.807) is 37.1 Å². The molecule has 0 aliphatic carbocycles. The topological polar surface area (TPSA) is 40.5 Å². The second kappa shape index (κ2) is 7.38. The first-order chi connectivity index (χ1) is 8.50. The van der Waals surface area contributed by atoms with Crippen LogP contribution in [0.1, 0.15) is 13.3 Å². The smallest absolute Gasteiger partial charge is 0.232 e. The number of hydrogen-bond donors (Lipinski definition) is 1. The summed E-state index contributed by atoms with van der Waals surface area (Å²) in [5, 5.41) is 9.13. The zero-order valence-corrected chi connectivity index (χ0v) is 11.4.